The molecule has 4 rings (SSSR count). The minimum absolute atomic E-state index is 0.00497. The van der Waals surface area contributed by atoms with E-state index in [1.54, 1.807) is 0 Å². The Morgan fingerprint density at radius 3 is 2.13 bits per heavy atom. The minimum Gasteiger partial charge on any atom is -0.385 e. The van der Waals surface area contributed by atoms with E-state index in [9.17, 15) is 41.3 Å². The SMILES string of the molecule is NC1=C(C(=O)N/N=C/c2ccc(C(F)(F)F)cc2)C(c2ccc(C(F)(F)F)cc2)C([N+](=O)[O-])=C2NCCN12. The van der Waals surface area contributed by atoms with Crippen LogP contribution in [0.15, 0.2) is 76.5 Å². The quantitative estimate of drug-likeness (QED) is 0.231. The molecule has 1 atom stereocenters. The Balaban J connectivity index is 1.68. The number of carbonyl (C=O) groups is 1. The molecule has 200 valence electrons. The van der Waals surface area contributed by atoms with E-state index in [1.165, 1.54) is 4.90 Å². The zero-order valence-corrected chi connectivity index (χ0v) is 19.1. The highest BCUT2D eigenvalue weighted by atomic mass is 19.4. The van der Waals surface area contributed by atoms with Crippen molar-refractivity contribution in [2.45, 2.75) is 18.3 Å². The summed E-state index contributed by atoms with van der Waals surface area (Å²) in [6.45, 7) is 0.442. The predicted molar refractivity (Wildman–Crippen MR) is 121 cm³/mol. The van der Waals surface area contributed by atoms with Gasteiger partial charge in [0.15, 0.2) is 5.82 Å². The maximum atomic E-state index is 13.2. The average Bonchev–Trinajstić information content (AvgIpc) is 3.33. The first-order chi connectivity index (χ1) is 17.8. The van der Waals surface area contributed by atoms with Gasteiger partial charge in [0, 0.05) is 13.1 Å². The van der Waals surface area contributed by atoms with E-state index in [2.05, 4.69) is 15.8 Å². The van der Waals surface area contributed by atoms with Crippen molar-refractivity contribution in [1.29, 1.82) is 0 Å². The fourth-order valence-corrected chi connectivity index (χ4v) is 4.14. The van der Waals surface area contributed by atoms with Gasteiger partial charge in [0.05, 0.1) is 27.8 Å². The molecule has 1 saturated heterocycles. The maximum Gasteiger partial charge on any atom is 0.416 e. The lowest BCUT2D eigenvalue weighted by atomic mass is 9.85. The molecule has 2 aliphatic heterocycles. The number of nitro groups is 1. The highest BCUT2D eigenvalue weighted by Gasteiger charge is 2.46. The molecule has 38 heavy (non-hydrogen) atoms. The fraction of sp³-hybridized carbons (Fsp3) is 0.217. The Morgan fingerprint density at radius 1 is 1.05 bits per heavy atom. The first-order valence-electron chi connectivity index (χ1n) is 10.9. The number of alkyl halides is 6. The van der Waals surface area contributed by atoms with E-state index in [0.717, 1.165) is 54.7 Å². The topological polar surface area (TPSA) is 126 Å². The first-order valence-corrected chi connectivity index (χ1v) is 10.9. The molecule has 2 aromatic rings. The van der Waals surface area contributed by atoms with Crippen LogP contribution < -0.4 is 16.5 Å². The molecule has 2 aromatic carbocycles. The molecule has 0 saturated carbocycles. The van der Waals surface area contributed by atoms with Crippen molar-refractivity contribution >= 4 is 12.1 Å². The Kier molecular flexibility index (Phi) is 6.78. The molecule has 0 radical (unpaired) electrons. The van der Waals surface area contributed by atoms with Crippen LogP contribution in [0.1, 0.15) is 28.2 Å². The summed E-state index contributed by atoms with van der Waals surface area (Å²) in [5.74, 6) is -2.59. The molecule has 15 heteroatoms. The minimum atomic E-state index is -4.65. The molecular formula is C23H18F6N6O3. The van der Waals surface area contributed by atoms with Gasteiger partial charge >= 0.3 is 12.4 Å². The molecule has 0 aliphatic carbocycles. The molecule has 9 nitrogen and oxygen atoms in total. The van der Waals surface area contributed by atoms with E-state index >= 15 is 0 Å². The summed E-state index contributed by atoms with van der Waals surface area (Å²) in [7, 11) is 0. The normalized spacial score (nSPS) is 18.1. The van der Waals surface area contributed by atoms with Crippen LogP contribution in [-0.2, 0) is 17.1 Å². The van der Waals surface area contributed by atoms with Gasteiger partial charge in [-0.3, -0.25) is 14.9 Å². The van der Waals surface area contributed by atoms with Gasteiger partial charge in [0.1, 0.15) is 11.7 Å². The van der Waals surface area contributed by atoms with Crippen LogP contribution in [0.2, 0.25) is 0 Å². The van der Waals surface area contributed by atoms with Crippen LogP contribution in [0.25, 0.3) is 0 Å². The summed E-state index contributed by atoms with van der Waals surface area (Å²) < 4.78 is 77.4. The highest BCUT2D eigenvalue weighted by Crippen LogP contribution is 2.42. The number of nitrogens with two attached hydrogens (primary N) is 1. The van der Waals surface area contributed by atoms with Gasteiger partial charge in [-0.05, 0) is 35.4 Å². The lowest BCUT2D eigenvalue weighted by Gasteiger charge is -2.31. The molecular weight excluding hydrogens is 522 g/mol. The summed E-state index contributed by atoms with van der Waals surface area (Å²) in [6.07, 6.45) is -8.13. The van der Waals surface area contributed by atoms with Crippen LogP contribution in [0.4, 0.5) is 26.3 Å². The molecule has 0 aromatic heterocycles. The van der Waals surface area contributed by atoms with Crippen LogP contribution in [0.3, 0.4) is 0 Å². The molecule has 4 N–H and O–H groups in total. The molecule has 2 aliphatic rings. The third-order valence-corrected chi connectivity index (χ3v) is 5.90. The monoisotopic (exact) mass is 540 g/mol. The summed E-state index contributed by atoms with van der Waals surface area (Å²) in [5.41, 5.74) is 5.88. The number of hydrogen-bond acceptors (Lipinski definition) is 7. The Morgan fingerprint density at radius 2 is 1.61 bits per heavy atom. The lowest BCUT2D eigenvalue weighted by Crippen LogP contribution is -2.40. The number of carbonyl (C=O) groups excluding carboxylic acids is 1. The number of fused-ring (bicyclic) bond motifs is 1. The van der Waals surface area contributed by atoms with Gasteiger partial charge in [-0.15, -0.1) is 0 Å². The van der Waals surface area contributed by atoms with Crippen LogP contribution >= 0.6 is 0 Å². The number of nitrogens with one attached hydrogen (secondary N) is 2. The Bertz CT molecular complexity index is 1350. The Labute approximate surface area is 210 Å². The van der Waals surface area contributed by atoms with Gasteiger partial charge in [-0.1, -0.05) is 24.3 Å². The number of benzene rings is 2. The second-order valence-electron chi connectivity index (χ2n) is 8.24. The molecule has 1 fully saturated rings. The van der Waals surface area contributed by atoms with Crippen molar-refractivity contribution in [2.24, 2.45) is 10.8 Å². The van der Waals surface area contributed by atoms with Gasteiger partial charge in [0.25, 0.3) is 11.6 Å². The predicted octanol–water partition coefficient (Wildman–Crippen LogP) is 3.49. The van der Waals surface area contributed by atoms with Crippen molar-refractivity contribution in [3.8, 4) is 0 Å². The third-order valence-electron chi connectivity index (χ3n) is 5.90. The summed E-state index contributed by atoms with van der Waals surface area (Å²) in [4.78, 5) is 25.8. The van der Waals surface area contributed by atoms with E-state index in [4.69, 9.17) is 5.73 Å². The largest absolute Gasteiger partial charge is 0.416 e. The first kappa shape index (κ1) is 26.5. The smallest absolute Gasteiger partial charge is 0.385 e. The molecule has 1 unspecified atom stereocenters. The lowest BCUT2D eigenvalue weighted by molar-refractivity contribution is -0.432. The van der Waals surface area contributed by atoms with Crippen LogP contribution in [0, 0.1) is 10.1 Å². The molecule has 2 heterocycles. The fourth-order valence-electron chi connectivity index (χ4n) is 4.14. The van der Waals surface area contributed by atoms with Crippen molar-refractivity contribution in [1.82, 2.24) is 15.6 Å². The van der Waals surface area contributed by atoms with Crippen molar-refractivity contribution in [3.05, 3.63) is 104 Å². The van der Waals surface area contributed by atoms with Crippen molar-refractivity contribution < 1.29 is 36.1 Å². The van der Waals surface area contributed by atoms with Crippen molar-refractivity contribution in [3.63, 3.8) is 0 Å². The number of rotatable bonds is 5. The van der Waals surface area contributed by atoms with Gasteiger partial charge in [0.2, 0.25) is 0 Å². The number of halogens is 6. The average molecular weight is 540 g/mol. The number of amides is 1. The zero-order chi connectivity index (χ0) is 27.8. The van der Waals surface area contributed by atoms with E-state index in [-0.39, 0.29) is 41.4 Å². The van der Waals surface area contributed by atoms with E-state index < -0.39 is 45.9 Å². The Hall–Kier alpha value is -4.56. The maximum absolute atomic E-state index is 13.2. The summed E-state index contributed by atoms with van der Waals surface area (Å²) >= 11 is 0. The number of hydrazone groups is 1. The summed E-state index contributed by atoms with van der Waals surface area (Å²) in [6, 6.07) is 7.40. The third kappa shape index (κ3) is 5.12. The summed E-state index contributed by atoms with van der Waals surface area (Å²) in [5, 5.41) is 18.6. The van der Waals surface area contributed by atoms with Gasteiger partial charge in [-0.2, -0.15) is 31.4 Å². The molecule has 0 spiro atoms. The zero-order valence-electron chi connectivity index (χ0n) is 19.1. The second-order valence-corrected chi connectivity index (χ2v) is 8.24. The van der Waals surface area contributed by atoms with Crippen molar-refractivity contribution in [2.75, 3.05) is 13.1 Å². The van der Waals surface area contributed by atoms with Gasteiger partial charge in [-0.25, -0.2) is 5.43 Å². The highest BCUT2D eigenvalue weighted by molar-refractivity contribution is 5.97. The standard InChI is InChI=1S/C23H18F6N6O3/c24-22(25,26)14-5-1-12(2-6-14)11-32-33-21(36)17-16(13-3-7-15(8-4-13)23(27,28)29)18(35(37)38)20-31-9-10-34(20)19(17)30/h1-8,11,16,31H,9-10,30H2,(H,33,36)/b32-11+. The van der Waals surface area contributed by atoms with E-state index in [0.29, 0.717) is 0 Å². The molecule has 0 bridgehead atoms. The van der Waals surface area contributed by atoms with E-state index in [1.807, 2.05) is 0 Å². The number of nitrogens with zero attached hydrogens (tertiary/aromatic N) is 3. The number of hydrogen-bond donors (Lipinski definition) is 3. The van der Waals surface area contributed by atoms with Gasteiger partial charge < -0.3 is 16.0 Å². The van der Waals surface area contributed by atoms with Crippen LogP contribution in [-0.4, -0.2) is 35.0 Å². The van der Waals surface area contributed by atoms with Crippen LogP contribution in [0.5, 0.6) is 0 Å². The second kappa shape index (κ2) is 9.72. The molecule has 1 amide bonds. The number of allylic oxidation sites excluding steroid dienone is 1.